The van der Waals surface area contributed by atoms with Gasteiger partial charge < -0.3 is 42.3 Å². The highest BCUT2D eigenvalue weighted by atomic mass is 16.4. The second kappa shape index (κ2) is 14.0. The normalized spacial score (nSPS) is 14.1. The van der Waals surface area contributed by atoms with E-state index < -0.39 is 18.6 Å². The fourth-order valence-corrected chi connectivity index (χ4v) is 5.62. The van der Waals surface area contributed by atoms with Gasteiger partial charge in [0, 0.05) is 25.9 Å². The van der Waals surface area contributed by atoms with E-state index in [4.69, 9.17) is 37.0 Å². The zero-order valence-electron chi connectivity index (χ0n) is 29.2. The molecule has 0 aliphatic carbocycles. The summed E-state index contributed by atoms with van der Waals surface area (Å²) in [5.74, 6) is 1.19. The number of likely N-dealkylation sites (N-methyl/N-ethyl adjacent to an activating group) is 2. The lowest BCUT2D eigenvalue weighted by Crippen LogP contribution is -2.32. The van der Waals surface area contributed by atoms with Crippen LogP contribution in [0.4, 0.5) is 0 Å². The lowest BCUT2D eigenvalue weighted by atomic mass is 10.2. The van der Waals surface area contributed by atoms with Gasteiger partial charge >= 0.3 is 0 Å². The quantitative estimate of drug-likeness (QED) is 0.234. The van der Waals surface area contributed by atoms with Crippen LogP contribution in [0.25, 0.3) is 69.1 Å². The predicted molar refractivity (Wildman–Crippen MR) is 187 cm³/mol. The van der Waals surface area contributed by atoms with Crippen molar-refractivity contribution in [2.24, 2.45) is 0 Å². The molecule has 1 atom stereocenters. The standard InChI is InChI=1S/C36H34N10O7/c1-45(2)13-11-27-29-31(48)39-23(15-47)32-40-24(16-49-32)19-7-6-10-22(38-19)35-44-30(28(53-35)12-14-46(3)4)36-42-26(18-51-36)33-41-25(17-50-33)20-8-5-9-21(37-20)34(43-29)52-27/h5-10,16-18,23,47H,11-15H2,1-4H3,(H,39,48). The van der Waals surface area contributed by atoms with Crippen LogP contribution < -0.4 is 5.32 Å². The molecule has 8 heterocycles. The first-order chi connectivity index (χ1) is 25.7. The fraction of sp³-hybridized carbons (Fsp3) is 0.278. The summed E-state index contributed by atoms with van der Waals surface area (Å²) in [7, 11) is 7.75. The minimum Gasteiger partial charge on any atom is -0.446 e. The van der Waals surface area contributed by atoms with Crippen molar-refractivity contribution in [2.45, 2.75) is 18.9 Å². The number of nitrogens with one attached hydrogen (secondary N) is 1. The van der Waals surface area contributed by atoms with E-state index in [0.29, 0.717) is 83.0 Å². The highest BCUT2D eigenvalue weighted by molar-refractivity contribution is 5.94. The molecule has 1 unspecified atom stereocenters. The van der Waals surface area contributed by atoms with E-state index in [1.807, 2.05) is 38.0 Å². The lowest BCUT2D eigenvalue weighted by molar-refractivity contribution is 0.0898. The Balaban J connectivity index is 1.25. The monoisotopic (exact) mass is 718 g/mol. The molecule has 0 saturated carbocycles. The molecule has 0 aromatic carbocycles. The number of carbonyl (C=O) groups excluding carboxylic acids is 1. The molecular formula is C36H34N10O7. The third kappa shape index (κ3) is 6.87. The minimum atomic E-state index is -1.01. The van der Waals surface area contributed by atoms with Gasteiger partial charge in [-0.1, -0.05) is 12.1 Å². The summed E-state index contributed by atoms with van der Waals surface area (Å²) in [6.45, 7) is 0.754. The van der Waals surface area contributed by atoms with Crippen molar-refractivity contribution in [3.8, 4) is 69.1 Å². The first-order valence-electron chi connectivity index (χ1n) is 16.8. The number of fused-ring (bicyclic) bond motifs is 20. The van der Waals surface area contributed by atoms with Gasteiger partial charge in [-0.25, -0.2) is 34.9 Å². The Morgan fingerprint density at radius 1 is 0.604 bits per heavy atom. The molecule has 14 bridgehead atoms. The number of hydrogen-bond acceptors (Lipinski definition) is 16. The molecule has 17 heteroatoms. The van der Waals surface area contributed by atoms with E-state index in [9.17, 15) is 9.90 Å². The van der Waals surface area contributed by atoms with Crippen LogP contribution >= 0.6 is 0 Å². The van der Waals surface area contributed by atoms with Crippen LogP contribution in [-0.4, -0.2) is 104 Å². The third-order valence-electron chi connectivity index (χ3n) is 8.38. The molecule has 1 aliphatic heterocycles. The number of aliphatic hydroxyl groups excluding tert-OH is 1. The molecule has 53 heavy (non-hydrogen) atoms. The summed E-state index contributed by atoms with van der Waals surface area (Å²) >= 11 is 0. The van der Waals surface area contributed by atoms with Crippen molar-refractivity contribution in [1.29, 1.82) is 0 Å². The highest BCUT2D eigenvalue weighted by Gasteiger charge is 2.28. The molecule has 17 nitrogen and oxygen atoms in total. The van der Waals surface area contributed by atoms with Gasteiger partial charge in [-0.15, -0.1) is 0 Å². The molecule has 1 aliphatic rings. The third-order valence-corrected chi connectivity index (χ3v) is 8.38. The molecule has 270 valence electrons. The highest BCUT2D eigenvalue weighted by Crippen LogP contribution is 2.33. The first-order valence-corrected chi connectivity index (χ1v) is 16.8. The van der Waals surface area contributed by atoms with E-state index in [1.54, 1.807) is 36.4 Å². The van der Waals surface area contributed by atoms with E-state index in [2.05, 4.69) is 25.3 Å². The fourth-order valence-electron chi connectivity index (χ4n) is 5.62. The van der Waals surface area contributed by atoms with Crippen molar-refractivity contribution in [3.05, 3.63) is 78.3 Å². The van der Waals surface area contributed by atoms with Gasteiger partial charge in [0.25, 0.3) is 5.91 Å². The maximum absolute atomic E-state index is 13.8. The first kappa shape index (κ1) is 33.8. The summed E-state index contributed by atoms with van der Waals surface area (Å²) in [5.41, 5.74) is 3.31. The largest absolute Gasteiger partial charge is 0.446 e. The number of nitrogens with zero attached hydrogens (tertiary/aromatic N) is 9. The van der Waals surface area contributed by atoms with E-state index in [1.165, 1.54) is 18.8 Å². The Kier molecular flexibility index (Phi) is 8.95. The van der Waals surface area contributed by atoms with Gasteiger partial charge in [0.15, 0.2) is 17.1 Å². The average molecular weight is 719 g/mol. The summed E-state index contributed by atoms with van der Waals surface area (Å²) in [4.78, 5) is 50.4. The van der Waals surface area contributed by atoms with Crippen molar-refractivity contribution >= 4 is 5.91 Å². The summed E-state index contributed by atoms with van der Waals surface area (Å²) < 4.78 is 29.9. The SMILES string of the molecule is CN(C)CCc1oc2nc1C(=O)NC(CO)c1nc(co1)-c1cccc(n1)-c1nc(c(CCN(C)C)o1)-c1nc(co1)-c1nc(co1)-c1cccc-2n1. The number of hydrogen-bond donors (Lipinski definition) is 2. The van der Waals surface area contributed by atoms with Crippen molar-refractivity contribution in [3.63, 3.8) is 0 Å². The maximum atomic E-state index is 13.8. The number of aliphatic hydroxyl groups is 1. The van der Waals surface area contributed by atoms with Crippen LogP contribution in [0.2, 0.25) is 0 Å². The van der Waals surface area contributed by atoms with E-state index >= 15 is 0 Å². The van der Waals surface area contributed by atoms with Crippen LogP contribution in [-0.2, 0) is 12.8 Å². The zero-order valence-corrected chi connectivity index (χ0v) is 29.2. The maximum Gasteiger partial charge on any atom is 0.274 e. The van der Waals surface area contributed by atoms with E-state index in [-0.39, 0.29) is 35.1 Å². The minimum absolute atomic E-state index is 0.0453. The van der Waals surface area contributed by atoms with E-state index in [0.717, 1.165) is 0 Å². The number of rotatable bonds is 7. The van der Waals surface area contributed by atoms with Gasteiger partial charge in [0.2, 0.25) is 29.5 Å². The van der Waals surface area contributed by atoms with Gasteiger partial charge in [0.1, 0.15) is 59.1 Å². The summed E-state index contributed by atoms with van der Waals surface area (Å²) in [6.07, 6.45) is 5.20. The molecule has 0 fully saturated rings. The van der Waals surface area contributed by atoms with Gasteiger partial charge in [-0.3, -0.25) is 4.79 Å². The molecule has 7 aromatic rings. The Labute approximate surface area is 301 Å². The second-order valence-corrected chi connectivity index (χ2v) is 12.9. The van der Waals surface area contributed by atoms with Crippen LogP contribution in [0, 0.1) is 0 Å². The van der Waals surface area contributed by atoms with Crippen LogP contribution in [0.3, 0.4) is 0 Å². The smallest absolute Gasteiger partial charge is 0.274 e. The number of oxazole rings is 5. The average Bonchev–Trinajstić information content (AvgIpc) is 4.01. The molecule has 8 rings (SSSR count). The second-order valence-electron chi connectivity index (χ2n) is 12.9. The van der Waals surface area contributed by atoms with Gasteiger partial charge in [0.05, 0.1) is 18.0 Å². The number of amides is 1. The molecule has 0 radical (unpaired) electrons. The number of carbonyl (C=O) groups is 1. The summed E-state index contributed by atoms with van der Waals surface area (Å²) in [5, 5.41) is 13.1. The van der Waals surface area contributed by atoms with Crippen molar-refractivity contribution in [2.75, 3.05) is 47.9 Å². The molecule has 0 spiro atoms. The van der Waals surface area contributed by atoms with Crippen LogP contribution in [0.1, 0.15) is 33.9 Å². The molecule has 1 amide bonds. The summed E-state index contributed by atoms with van der Waals surface area (Å²) in [6, 6.07) is 9.55. The number of aromatic nitrogens is 7. The van der Waals surface area contributed by atoms with Gasteiger partial charge in [-0.2, -0.15) is 0 Å². The Morgan fingerprint density at radius 3 is 1.77 bits per heavy atom. The molecule has 2 N–H and O–H groups in total. The van der Waals surface area contributed by atoms with Crippen molar-refractivity contribution < 1.29 is 32.0 Å². The predicted octanol–water partition coefficient (Wildman–Crippen LogP) is 4.40. The topological polar surface area (TPSA) is 212 Å². The Morgan fingerprint density at radius 2 is 1.13 bits per heavy atom. The van der Waals surface area contributed by atoms with Crippen molar-refractivity contribution in [1.82, 2.24) is 50.0 Å². The Bertz CT molecular complexity index is 2400. The number of pyridine rings is 2. The van der Waals surface area contributed by atoms with Crippen LogP contribution in [0.15, 0.2) is 77.3 Å². The Hall–Kier alpha value is -6.30. The molecule has 7 aromatic heterocycles. The lowest BCUT2D eigenvalue weighted by Gasteiger charge is -2.12. The van der Waals surface area contributed by atoms with Crippen LogP contribution in [0.5, 0.6) is 0 Å². The molecule has 0 saturated heterocycles. The molecular weight excluding hydrogens is 684 g/mol. The van der Waals surface area contributed by atoms with Gasteiger partial charge in [-0.05, 0) is 52.5 Å². The zero-order chi connectivity index (χ0) is 36.6.